The quantitative estimate of drug-likeness (QED) is 0.818. The number of hydrogen-bond acceptors (Lipinski definition) is 6. The number of thiophene rings is 1. The zero-order valence-corrected chi connectivity index (χ0v) is 15.6. The maximum absolute atomic E-state index is 12.1. The molecule has 0 spiro atoms. The van der Waals surface area contributed by atoms with Crippen molar-refractivity contribution in [1.29, 1.82) is 0 Å². The smallest absolute Gasteiger partial charge is 0.268 e. The molecule has 2 N–H and O–H groups in total. The predicted molar refractivity (Wildman–Crippen MR) is 95.6 cm³/mol. The van der Waals surface area contributed by atoms with Crippen LogP contribution < -0.4 is 10.3 Å². The molecule has 2 aromatic heterocycles. The van der Waals surface area contributed by atoms with Crippen molar-refractivity contribution in [1.82, 2.24) is 19.6 Å². The van der Waals surface area contributed by atoms with Crippen LogP contribution in [-0.2, 0) is 16.6 Å². The maximum atomic E-state index is 12.1. The van der Waals surface area contributed by atoms with Gasteiger partial charge in [-0.2, -0.15) is 0 Å². The molecule has 0 unspecified atom stereocenters. The number of nitrogens with zero attached hydrogens (tertiary/aromatic N) is 2. The molecule has 0 aromatic carbocycles. The lowest BCUT2D eigenvalue weighted by Crippen LogP contribution is -2.41. The molecule has 2 atom stereocenters. The third-order valence-electron chi connectivity index (χ3n) is 4.40. The van der Waals surface area contributed by atoms with E-state index in [9.17, 15) is 13.2 Å². The van der Waals surface area contributed by atoms with Crippen molar-refractivity contribution >= 4 is 31.6 Å². The van der Waals surface area contributed by atoms with Crippen molar-refractivity contribution in [2.75, 3.05) is 19.3 Å². The van der Waals surface area contributed by atoms with Gasteiger partial charge in [0.25, 0.3) is 5.56 Å². The summed E-state index contributed by atoms with van der Waals surface area (Å²) >= 11 is 1.38. The van der Waals surface area contributed by atoms with E-state index in [-0.39, 0.29) is 17.5 Å². The Morgan fingerprint density at radius 3 is 2.88 bits per heavy atom. The standard InChI is InChI=1S/C15H22N4O3S2/c1-9(2)10-6-19(7-12(10)18-24(3,21)22)8-13-16-11-4-5-23-14(11)15(20)17-13/h4-5,9-10,12,18H,6-8H2,1-3H3,(H,16,17,20)/t10-,12+/m0/s1. The second-order valence-corrected chi connectivity index (χ2v) is 9.44. The molecular formula is C15H22N4O3S2. The van der Waals surface area contributed by atoms with Gasteiger partial charge < -0.3 is 4.98 Å². The van der Waals surface area contributed by atoms with Crippen LogP contribution >= 0.6 is 11.3 Å². The van der Waals surface area contributed by atoms with E-state index in [4.69, 9.17) is 0 Å². The number of sulfonamides is 1. The highest BCUT2D eigenvalue weighted by molar-refractivity contribution is 7.88. The average Bonchev–Trinajstić information content (AvgIpc) is 3.04. The van der Waals surface area contributed by atoms with Crippen molar-refractivity contribution in [3.8, 4) is 0 Å². The molecule has 9 heteroatoms. The maximum Gasteiger partial charge on any atom is 0.268 e. The minimum absolute atomic E-state index is 0.114. The van der Waals surface area contributed by atoms with Gasteiger partial charge in [-0.3, -0.25) is 9.69 Å². The normalized spacial score (nSPS) is 22.7. The zero-order chi connectivity index (χ0) is 17.5. The first-order valence-electron chi connectivity index (χ1n) is 7.89. The highest BCUT2D eigenvalue weighted by Gasteiger charge is 2.36. The van der Waals surface area contributed by atoms with Crippen LogP contribution in [0.3, 0.4) is 0 Å². The topological polar surface area (TPSA) is 95.2 Å². The van der Waals surface area contributed by atoms with Crippen LogP contribution in [0.1, 0.15) is 19.7 Å². The Balaban J connectivity index is 1.78. The van der Waals surface area contributed by atoms with E-state index in [0.29, 0.717) is 35.0 Å². The fraction of sp³-hybridized carbons (Fsp3) is 0.600. The number of aromatic nitrogens is 2. The minimum atomic E-state index is -3.25. The molecule has 2 aromatic rings. The number of likely N-dealkylation sites (tertiary alicyclic amines) is 1. The fourth-order valence-electron chi connectivity index (χ4n) is 3.33. The van der Waals surface area contributed by atoms with E-state index >= 15 is 0 Å². The third kappa shape index (κ3) is 3.85. The van der Waals surface area contributed by atoms with Gasteiger partial charge >= 0.3 is 0 Å². The van der Waals surface area contributed by atoms with Crippen LogP contribution in [0.25, 0.3) is 10.2 Å². The highest BCUT2D eigenvalue weighted by Crippen LogP contribution is 2.26. The van der Waals surface area contributed by atoms with Crippen molar-refractivity contribution in [3.05, 3.63) is 27.6 Å². The van der Waals surface area contributed by atoms with E-state index in [1.54, 1.807) is 0 Å². The van der Waals surface area contributed by atoms with E-state index in [2.05, 4.69) is 33.4 Å². The van der Waals surface area contributed by atoms with Crippen LogP contribution in [0.2, 0.25) is 0 Å². The van der Waals surface area contributed by atoms with E-state index in [1.807, 2.05) is 11.4 Å². The molecule has 24 heavy (non-hydrogen) atoms. The minimum Gasteiger partial charge on any atom is -0.308 e. The first-order valence-corrected chi connectivity index (χ1v) is 10.7. The summed E-state index contributed by atoms with van der Waals surface area (Å²) < 4.78 is 26.6. The second kappa shape index (κ2) is 6.55. The van der Waals surface area contributed by atoms with E-state index in [1.165, 1.54) is 17.6 Å². The zero-order valence-electron chi connectivity index (χ0n) is 13.9. The first kappa shape index (κ1) is 17.5. The summed E-state index contributed by atoms with van der Waals surface area (Å²) in [6.45, 7) is 6.09. The summed E-state index contributed by atoms with van der Waals surface area (Å²) in [5.74, 6) is 1.21. The Bertz CT molecular complexity index is 888. The van der Waals surface area contributed by atoms with Crippen LogP contribution in [0.4, 0.5) is 0 Å². The summed E-state index contributed by atoms with van der Waals surface area (Å²) in [6.07, 6.45) is 1.19. The molecule has 3 heterocycles. The largest absolute Gasteiger partial charge is 0.308 e. The van der Waals surface area contributed by atoms with Crippen LogP contribution in [0, 0.1) is 11.8 Å². The summed E-state index contributed by atoms with van der Waals surface area (Å²) in [6, 6.07) is 1.73. The van der Waals surface area contributed by atoms with Crippen molar-refractivity contribution < 1.29 is 8.42 Å². The Hall–Kier alpha value is -1.29. The molecule has 7 nitrogen and oxygen atoms in total. The van der Waals surface area contributed by atoms with Crippen LogP contribution in [0.5, 0.6) is 0 Å². The van der Waals surface area contributed by atoms with E-state index in [0.717, 1.165) is 6.54 Å². The first-order chi connectivity index (χ1) is 11.2. The number of aromatic amines is 1. The summed E-state index contributed by atoms with van der Waals surface area (Å²) in [4.78, 5) is 21.5. The number of rotatable bonds is 5. The fourth-order valence-corrected chi connectivity index (χ4v) is 4.85. The van der Waals surface area contributed by atoms with Crippen molar-refractivity contribution in [2.45, 2.75) is 26.4 Å². The lowest BCUT2D eigenvalue weighted by atomic mass is 9.92. The number of fused-ring (bicyclic) bond motifs is 1. The van der Waals surface area contributed by atoms with Crippen LogP contribution in [0.15, 0.2) is 16.2 Å². The second-order valence-electron chi connectivity index (χ2n) is 6.75. The van der Waals surface area contributed by atoms with Gasteiger partial charge in [-0.05, 0) is 23.3 Å². The Labute approximate surface area is 145 Å². The number of nitrogens with one attached hydrogen (secondary N) is 2. The molecule has 1 fully saturated rings. The molecule has 1 aliphatic heterocycles. The third-order valence-corrected chi connectivity index (χ3v) is 6.03. The molecular weight excluding hydrogens is 348 g/mol. The SMILES string of the molecule is CC(C)[C@@H]1CN(Cc2nc3ccsc3c(=O)[nH]2)C[C@H]1NS(C)(=O)=O. The van der Waals surface area contributed by atoms with Gasteiger partial charge in [0.05, 0.1) is 18.3 Å². The summed E-state index contributed by atoms with van der Waals surface area (Å²) in [7, 11) is -3.25. The van der Waals surface area contributed by atoms with Gasteiger partial charge in [-0.25, -0.2) is 18.1 Å². The monoisotopic (exact) mass is 370 g/mol. The summed E-state index contributed by atoms with van der Waals surface area (Å²) in [5, 5.41) is 1.85. The summed E-state index contributed by atoms with van der Waals surface area (Å²) in [5.41, 5.74) is 0.597. The van der Waals surface area contributed by atoms with Gasteiger partial charge in [0, 0.05) is 19.1 Å². The van der Waals surface area contributed by atoms with Crippen molar-refractivity contribution in [2.24, 2.45) is 11.8 Å². The molecule has 3 rings (SSSR count). The Morgan fingerprint density at radius 2 is 2.21 bits per heavy atom. The van der Waals surface area contributed by atoms with E-state index < -0.39 is 10.0 Å². The van der Waals surface area contributed by atoms with Crippen molar-refractivity contribution in [3.63, 3.8) is 0 Å². The molecule has 0 aliphatic carbocycles. The van der Waals surface area contributed by atoms with Gasteiger partial charge in [-0.1, -0.05) is 13.8 Å². The molecule has 1 saturated heterocycles. The van der Waals surface area contributed by atoms with Crippen LogP contribution in [-0.4, -0.2) is 48.7 Å². The predicted octanol–water partition coefficient (Wildman–Crippen LogP) is 0.990. The number of hydrogen-bond donors (Lipinski definition) is 2. The van der Waals surface area contributed by atoms with Gasteiger partial charge in [-0.15, -0.1) is 11.3 Å². The van der Waals surface area contributed by atoms with Gasteiger partial charge in [0.15, 0.2) is 0 Å². The molecule has 0 amide bonds. The lowest BCUT2D eigenvalue weighted by Gasteiger charge is -2.21. The molecule has 132 valence electrons. The molecule has 1 aliphatic rings. The lowest BCUT2D eigenvalue weighted by molar-refractivity contribution is 0.290. The molecule has 0 radical (unpaired) electrons. The Kier molecular flexibility index (Phi) is 4.78. The average molecular weight is 371 g/mol. The molecule has 0 saturated carbocycles. The Morgan fingerprint density at radius 1 is 1.46 bits per heavy atom. The molecule has 0 bridgehead atoms. The van der Waals surface area contributed by atoms with Gasteiger partial charge in [0.2, 0.25) is 10.0 Å². The highest BCUT2D eigenvalue weighted by atomic mass is 32.2. The van der Waals surface area contributed by atoms with Gasteiger partial charge in [0.1, 0.15) is 10.5 Å². The number of H-pyrrole nitrogens is 1.